The molecule has 27 heavy (non-hydrogen) atoms. The summed E-state index contributed by atoms with van der Waals surface area (Å²) < 4.78 is 3.82. The fourth-order valence-corrected chi connectivity index (χ4v) is 4.28. The van der Waals surface area contributed by atoms with Crippen LogP contribution in [0.3, 0.4) is 0 Å². The number of fused-ring (bicyclic) bond motifs is 1. The van der Waals surface area contributed by atoms with E-state index in [4.69, 9.17) is 0 Å². The Hall–Kier alpha value is -2.39. The molecule has 0 fully saturated rings. The van der Waals surface area contributed by atoms with Gasteiger partial charge in [0.1, 0.15) is 4.70 Å². The van der Waals surface area contributed by atoms with Gasteiger partial charge in [-0.15, -0.1) is 6.58 Å². The molecule has 0 N–H and O–H groups in total. The first-order valence-corrected chi connectivity index (χ1v) is 10.5. The second-order valence-electron chi connectivity index (χ2n) is 7.02. The minimum atomic E-state index is 1.07. The van der Waals surface area contributed by atoms with Crippen molar-refractivity contribution in [2.45, 2.75) is 32.2 Å². The average Bonchev–Trinajstić information content (AvgIpc) is 3.04. The normalized spacial score (nSPS) is 11.3. The molecule has 2 aromatic carbocycles. The largest absolute Gasteiger partial charge is 0.378 e. The quantitative estimate of drug-likeness (QED) is 0.246. The molecule has 0 amide bonds. The molecule has 1 heterocycles. The Morgan fingerprint density at radius 3 is 2.48 bits per heavy atom. The van der Waals surface area contributed by atoms with Crippen LogP contribution in [0.2, 0.25) is 0 Å². The SMILES string of the molecule is C=CCCCCC[n+]1c(/C=C/c2ccc(N(C)C)cc2)sc2ccccc21. The van der Waals surface area contributed by atoms with Crippen molar-refractivity contribution in [3.63, 3.8) is 0 Å². The molecule has 3 rings (SSSR count). The van der Waals surface area contributed by atoms with E-state index < -0.39 is 0 Å². The molecule has 140 valence electrons. The molecular weight excluding hydrogens is 348 g/mol. The number of allylic oxidation sites excluding steroid dienone is 1. The number of rotatable bonds is 9. The van der Waals surface area contributed by atoms with Gasteiger partial charge in [0.05, 0.1) is 0 Å². The maximum absolute atomic E-state index is 3.82. The Bertz CT molecular complexity index is 904. The summed E-state index contributed by atoms with van der Waals surface area (Å²) in [5.41, 5.74) is 3.80. The topological polar surface area (TPSA) is 7.12 Å². The fraction of sp³-hybridized carbons (Fsp3) is 0.292. The van der Waals surface area contributed by atoms with Crippen molar-refractivity contribution in [1.29, 1.82) is 0 Å². The zero-order valence-corrected chi connectivity index (χ0v) is 17.2. The van der Waals surface area contributed by atoms with Crippen LogP contribution < -0.4 is 9.47 Å². The van der Waals surface area contributed by atoms with Crippen LogP contribution >= 0.6 is 11.3 Å². The Labute approximate surface area is 167 Å². The molecule has 1 aromatic heterocycles. The van der Waals surface area contributed by atoms with Crippen LogP contribution in [-0.4, -0.2) is 14.1 Å². The Kier molecular flexibility index (Phi) is 6.83. The lowest BCUT2D eigenvalue weighted by Gasteiger charge is -2.11. The van der Waals surface area contributed by atoms with E-state index in [1.807, 2.05) is 17.4 Å². The van der Waals surface area contributed by atoms with E-state index in [-0.39, 0.29) is 0 Å². The lowest BCUT2D eigenvalue weighted by Crippen LogP contribution is -2.34. The first kappa shape index (κ1) is 19.4. The number of hydrogen-bond acceptors (Lipinski definition) is 2. The van der Waals surface area contributed by atoms with Gasteiger partial charge in [-0.25, -0.2) is 0 Å². The molecule has 0 spiro atoms. The Balaban J connectivity index is 1.79. The maximum atomic E-state index is 3.82. The molecule has 0 aliphatic rings. The third-order valence-corrected chi connectivity index (χ3v) is 5.89. The number of unbranched alkanes of at least 4 members (excludes halogenated alkanes) is 3. The van der Waals surface area contributed by atoms with E-state index in [2.05, 4.69) is 90.8 Å². The van der Waals surface area contributed by atoms with Crippen LogP contribution in [0.25, 0.3) is 22.4 Å². The van der Waals surface area contributed by atoms with Gasteiger partial charge < -0.3 is 4.90 Å². The zero-order chi connectivity index (χ0) is 19.1. The van der Waals surface area contributed by atoms with Crippen LogP contribution in [0.5, 0.6) is 0 Å². The highest BCUT2D eigenvalue weighted by Gasteiger charge is 2.17. The van der Waals surface area contributed by atoms with Gasteiger partial charge in [0.15, 0.2) is 6.54 Å². The van der Waals surface area contributed by atoms with Crippen LogP contribution in [0.1, 0.15) is 36.3 Å². The zero-order valence-electron chi connectivity index (χ0n) is 16.4. The number of aromatic nitrogens is 1. The van der Waals surface area contributed by atoms with Gasteiger partial charge in [0.25, 0.3) is 5.01 Å². The van der Waals surface area contributed by atoms with Gasteiger partial charge in [-0.05, 0) is 49.1 Å². The lowest BCUT2D eigenvalue weighted by atomic mass is 10.2. The third kappa shape index (κ3) is 5.08. The van der Waals surface area contributed by atoms with E-state index in [1.165, 1.54) is 45.7 Å². The second-order valence-corrected chi connectivity index (χ2v) is 8.08. The molecule has 0 unspecified atom stereocenters. The molecule has 0 bridgehead atoms. The fourth-order valence-electron chi connectivity index (χ4n) is 3.19. The number of para-hydroxylation sites is 1. The van der Waals surface area contributed by atoms with Crippen molar-refractivity contribution in [2.24, 2.45) is 0 Å². The number of thiazole rings is 1. The highest BCUT2D eigenvalue weighted by atomic mass is 32.1. The lowest BCUT2D eigenvalue weighted by molar-refractivity contribution is -0.669. The molecule has 0 aliphatic heterocycles. The summed E-state index contributed by atoms with van der Waals surface area (Å²) >= 11 is 1.87. The molecule has 0 saturated heterocycles. The molecule has 0 radical (unpaired) electrons. The van der Waals surface area contributed by atoms with Crippen LogP contribution in [0.15, 0.2) is 61.2 Å². The van der Waals surface area contributed by atoms with E-state index in [1.54, 1.807) is 0 Å². The van der Waals surface area contributed by atoms with E-state index in [0.29, 0.717) is 0 Å². The number of hydrogen-bond donors (Lipinski definition) is 0. The average molecular weight is 378 g/mol. The summed E-state index contributed by atoms with van der Waals surface area (Å²) in [7, 11) is 4.14. The van der Waals surface area contributed by atoms with E-state index in [0.717, 1.165) is 13.0 Å². The molecule has 0 atom stereocenters. The second kappa shape index (κ2) is 9.52. The van der Waals surface area contributed by atoms with E-state index in [9.17, 15) is 0 Å². The van der Waals surface area contributed by atoms with Crippen molar-refractivity contribution < 1.29 is 4.57 Å². The summed E-state index contributed by atoms with van der Waals surface area (Å²) in [4.78, 5) is 2.12. The highest BCUT2D eigenvalue weighted by molar-refractivity contribution is 7.18. The first-order valence-electron chi connectivity index (χ1n) is 9.67. The Morgan fingerprint density at radius 2 is 1.74 bits per heavy atom. The minimum absolute atomic E-state index is 1.07. The van der Waals surface area contributed by atoms with Gasteiger partial charge in [0.2, 0.25) is 5.52 Å². The first-order chi connectivity index (χ1) is 13.2. The third-order valence-electron chi connectivity index (χ3n) is 4.75. The van der Waals surface area contributed by atoms with Gasteiger partial charge in [-0.3, -0.25) is 0 Å². The Morgan fingerprint density at radius 1 is 0.963 bits per heavy atom. The van der Waals surface area contributed by atoms with Gasteiger partial charge in [-0.1, -0.05) is 41.7 Å². The summed E-state index contributed by atoms with van der Waals surface area (Å²) in [6, 6.07) is 17.4. The van der Waals surface area contributed by atoms with Crippen LogP contribution in [0, 0.1) is 0 Å². The van der Waals surface area contributed by atoms with Gasteiger partial charge in [-0.2, -0.15) is 4.57 Å². The smallest absolute Gasteiger partial charge is 0.262 e. The summed E-state index contributed by atoms with van der Waals surface area (Å²) in [5, 5.41) is 1.32. The van der Waals surface area contributed by atoms with E-state index >= 15 is 0 Å². The standard InChI is InChI=1S/C24H29N2S/c1-4-5-6-7-10-19-26-22-11-8-9-12-23(22)27-24(26)18-15-20-13-16-21(17-14-20)25(2)3/h4,8-9,11-18H,1,5-7,10,19H2,2-3H3/q+1. The predicted octanol–water partition coefficient (Wildman–Crippen LogP) is 6.17. The maximum Gasteiger partial charge on any atom is 0.262 e. The predicted molar refractivity (Wildman–Crippen MR) is 120 cm³/mol. The monoisotopic (exact) mass is 377 g/mol. The molecule has 0 saturated carbocycles. The summed E-state index contributed by atoms with van der Waals surface area (Å²) in [6.07, 6.45) is 11.3. The van der Waals surface area contributed by atoms with Crippen LogP contribution in [-0.2, 0) is 6.54 Å². The van der Waals surface area contributed by atoms with Crippen LogP contribution in [0.4, 0.5) is 5.69 Å². The molecule has 2 nitrogen and oxygen atoms in total. The van der Waals surface area contributed by atoms with Crippen molar-refractivity contribution in [3.8, 4) is 0 Å². The summed E-state index contributed by atoms with van der Waals surface area (Å²) in [5.74, 6) is 0. The number of anilines is 1. The number of aryl methyl sites for hydroxylation is 1. The van der Waals surface area contributed by atoms with Gasteiger partial charge >= 0.3 is 0 Å². The number of benzene rings is 2. The molecular formula is C24H29N2S+. The molecule has 3 heteroatoms. The van der Waals surface area contributed by atoms with Gasteiger partial charge in [0, 0.05) is 38.3 Å². The minimum Gasteiger partial charge on any atom is -0.378 e. The molecule has 0 aliphatic carbocycles. The molecule has 3 aromatic rings. The number of nitrogens with zero attached hydrogens (tertiary/aromatic N) is 2. The van der Waals surface area contributed by atoms with Crippen molar-refractivity contribution in [2.75, 3.05) is 19.0 Å². The summed E-state index contributed by atoms with van der Waals surface area (Å²) in [6.45, 7) is 4.89. The van der Waals surface area contributed by atoms with Crippen molar-refractivity contribution >= 4 is 39.4 Å². The highest BCUT2D eigenvalue weighted by Crippen LogP contribution is 2.23. The van der Waals surface area contributed by atoms with Crippen molar-refractivity contribution in [3.05, 3.63) is 71.8 Å². The van der Waals surface area contributed by atoms with Crippen molar-refractivity contribution in [1.82, 2.24) is 0 Å².